The number of carboxylic acids is 1. The predicted molar refractivity (Wildman–Crippen MR) is 153 cm³/mol. The van der Waals surface area contributed by atoms with Gasteiger partial charge in [0.05, 0.1) is 23.3 Å². The number of rotatable bonds is 10. The lowest BCUT2D eigenvalue weighted by Crippen LogP contribution is -2.45. The van der Waals surface area contributed by atoms with E-state index in [1.165, 1.54) is 34.8 Å². The fourth-order valence-electron chi connectivity index (χ4n) is 4.98. The van der Waals surface area contributed by atoms with Gasteiger partial charge in [-0.25, -0.2) is 14.2 Å². The zero-order valence-corrected chi connectivity index (χ0v) is 24.9. The molecule has 3 aromatic rings. The molecule has 2 aromatic heterocycles. The number of aryl methyl sites for hydroxylation is 1. The molecule has 4 rings (SSSR count). The van der Waals surface area contributed by atoms with Crippen molar-refractivity contribution < 1.29 is 33.4 Å². The Morgan fingerprint density at radius 3 is 2.38 bits per heavy atom. The summed E-state index contributed by atoms with van der Waals surface area (Å²) in [5, 5.41) is 17.3. The van der Waals surface area contributed by atoms with Gasteiger partial charge in [0.2, 0.25) is 0 Å². The van der Waals surface area contributed by atoms with Gasteiger partial charge in [-0.1, -0.05) is 12.1 Å². The molecule has 0 bridgehead atoms. The number of aliphatic carboxylic acids is 1. The Morgan fingerprint density at radius 1 is 1.17 bits per heavy atom. The van der Waals surface area contributed by atoms with Gasteiger partial charge in [0.15, 0.2) is 23.2 Å². The molecule has 1 saturated heterocycles. The van der Waals surface area contributed by atoms with Crippen molar-refractivity contribution in [2.24, 2.45) is 0 Å². The molecule has 11 nitrogen and oxygen atoms in total. The second-order valence-electron chi connectivity index (χ2n) is 11.8. The van der Waals surface area contributed by atoms with Crippen LogP contribution in [0.25, 0.3) is 5.65 Å². The third kappa shape index (κ3) is 7.11. The highest BCUT2D eigenvalue weighted by atomic mass is 19.1. The van der Waals surface area contributed by atoms with Crippen molar-refractivity contribution in [3.8, 4) is 0 Å². The van der Waals surface area contributed by atoms with E-state index in [0.29, 0.717) is 54.2 Å². The Balaban J connectivity index is 1.68. The molecule has 12 heteroatoms. The SMILES string of the molecule is COC1(C)CCN(c2c(C(OC(C)(C)C)C(=O)O)c(C)nc3cc(C(=O)NCC(=O)Cc4ccc(F)cc4)nn23)CC1. The summed E-state index contributed by atoms with van der Waals surface area (Å²) in [4.78, 5) is 44.7. The van der Waals surface area contributed by atoms with Crippen molar-refractivity contribution in [1.82, 2.24) is 19.9 Å². The predicted octanol–water partition coefficient (Wildman–Crippen LogP) is 3.66. The number of Topliss-reactive ketones (excluding diaryl/α,β-unsaturated/α-hetero) is 1. The van der Waals surface area contributed by atoms with E-state index in [1.54, 1.807) is 34.8 Å². The minimum atomic E-state index is -1.34. The first kappa shape index (κ1) is 31.0. The molecule has 0 spiro atoms. The maximum Gasteiger partial charge on any atom is 0.337 e. The van der Waals surface area contributed by atoms with E-state index < -0.39 is 29.4 Å². The highest BCUT2D eigenvalue weighted by molar-refractivity contribution is 5.96. The molecule has 1 aliphatic rings. The van der Waals surface area contributed by atoms with Crippen molar-refractivity contribution in [2.45, 2.75) is 71.2 Å². The van der Waals surface area contributed by atoms with Gasteiger partial charge < -0.3 is 24.8 Å². The third-order valence-electron chi connectivity index (χ3n) is 7.37. The van der Waals surface area contributed by atoms with Crippen LogP contribution in [0.1, 0.15) is 73.9 Å². The summed E-state index contributed by atoms with van der Waals surface area (Å²) < 4.78 is 26.4. The number of nitrogens with one attached hydrogen (secondary N) is 1. The lowest BCUT2D eigenvalue weighted by atomic mass is 9.93. The Morgan fingerprint density at radius 2 is 1.81 bits per heavy atom. The molecule has 226 valence electrons. The smallest absolute Gasteiger partial charge is 0.337 e. The molecule has 0 saturated carbocycles. The molecule has 1 amide bonds. The normalized spacial score (nSPS) is 15.9. The monoisotopic (exact) mass is 583 g/mol. The molecule has 1 aliphatic heterocycles. The number of amides is 1. The van der Waals surface area contributed by atoms with Crippen LogP contribution >= 0.6 is 0 Å². The largest absolute Gasteiger partial charge is 0.479 e. The van der Waals surface area contributed by atoms with Crippen LogP contribution in [0.5, 0.6) is 0 Å². The van der Waals surface area contributed by atoms with Crippen molar-refractivity contribution in [1.29, 1.82) is 0 Å². The molecule has 0 radical (unpaired) electrons. The number of benzene rings is 1. The average molecular weight is 584 g/mol. The van der Waals surface area contributed by atoms with Crippen LogP contribution in [0.4, 0.5) is 10.2 Å². The number of hydrogen-bond donors (Lipinski definition) is 2. The van der Waals surface area contributed by atoms with Crippen LogP contribution in [0, 0.1) is 12.7 Å². The molecular weight excluding hydrogens is 545 g/mol. The first-order valence-corrected chi connectivity index (χ1v) is 13.8. The van der Waals surface area contributed by atoms with Crippen LogP contribution in [0.3, 0.4) is 0 Å². The Labute approximate surface area is 244 Å². The van der Waals surface area contributed by atoms with E-state index >= 15 is 0 Å². The second-order valence-corrected chi connectivity index (χ2v) is 11.8. The first-order valence-electron chi connectivity index (χ1n) is 13.8. The number of methoxy groups -OCH3 is 1. The Hall–Kier alpha value is -3.90. The summed E-state index contributed by atoms with van der Waals surface area (Å²) in [5.74, 6) is -1.91. The number of anilines is 1. The number of piperidine rings is 1. The lowest BCUT2D eigenvalue weighted by molar-refractivity contribution is -0.160. The first-order chi connectivity index (χ1) is 19.7. The fourth-order valence-corrected chi connectivity index (χ4v) is 4.98. The van der Waals surface area contributed by atoms with Crippen LogP contribution in [-0.2, 0) is 25.5 Å². The quantitative estimate of drug-likeness (QED) is 0.367. The summed E-state index contributed by atoms with van der Waals surface area (Å²) in [6.45, 7) is 9.96. The van der Waals surface area contributed by atoms with Crippen molar-refractivity contribution in [2.75, 3.05) is 31.6 Å². The molecule has 1 atom stereocenters. The minimum Gasteiger partial charge on any atom is -0.479 e. The molecule has 2 N–H and O–H groups in total. The van der Waals surface area contributed by atoms with Crippen molar-refractivity contribution in [3.63, 3.8) is 0 Å². The molecule has 42 heavy (non-hydrogen) atoms. The third-order valence-corrected chi connectivity index (χ3v) is 7.37. The minimum absolute atomic E-state index is 0.0252. The van der Waals surface area contributed by atoms with Crippen molar-refractivity contribution in [3.05, 3.63) is 58.7 Å². The number of carbonyl (C=O) groups is 3. The zero-order valence-electron chi connectivity index (χ0n) is 24.9. The van der Waals surface area contributed by atoms with Gasteiger partial charge in [-0.05, 0) is 65.2 Å². The van der Waals surface area contributed by atoms with Gasteiger partial charge >= 0.3 is 5.97 Å². The number of ketones is 1. The summed E-state index contributed by atoms with van der Waals surface area (Å²) in [5.41, 5.74) is 0.726. The van der Waals surface area contributed by atoms with E-state index in [1.807, 2.05) is 11.8 Å². The Kier molecular flexibility index (Phi) is 8.98. The van der Waals surface area contributed by atoms with E-state index in [4.69, 9.17) is 9.47 Å². The van der Waals surface area contributed by atoms with Gasteiger partial charge in [0.25, 0.3) is 5.91 Å². The molecule has 3 heterocycles. The molecule has 1 fully saturated rings. The topological polar surface area (TPSA) is 135 Å². The van der Waals surface area contributed by atoms with Crippen LogP contribution in [0.15, 0.2) is 30.3 Å². The van der Waals surface area contributed by atoms with E-state index in [-0.39, 0.29) is 30.0 Å². The number of aromatic nitrogens is 3. The molecular formula is C30H38FN5O6. The van der Waals surface area contributed by atoms with E-state index in [0.717, 1.165) is 0 Å². The molecule has 1 aromatic carbocycles. The van der Waals surface area contributed by atoms with Gasteiger partial charge in [0, 0.05) is 38.4 Å². The second kappa shape index (κ2) is 12.1. The molecule has 1 unspecified atom stereocenters. The highest BCUT2D eigenvalue weighted by Crippen LogP contribution is 2.37. The Bertz CT molecular complexity index is 1470. The summed E-state index contributed by atoms with van der Waals surface area (Å²) >= 11 is 0. The van der Waals surface area contributed by atoms with E-state index in [9.17, 15) is 23.9 Å². The average Bonchev–Trinajstić information content (AvgIpc) is 3.35. The summed E-state index contributed by atoms with van der Waals surface area (Å²) in [7, 11) is 1.68. The number of carboxylic acid groups (broad SMARTS) is 1. The van der Waals surface area contributed by atoms with Gasteiger partial charge in [-0.2, -0.15) is 9.61 Å². The van der Waals surface area contributed by atoms with Gasteiger partial charge in [-0.15, -0.1) is 0 Å². The van der Waals surface area contributed by atoms with Crippen molar-refractivity contribution >= 4 is 29.1 Å². The zero-order chi connectivity index (χ0) is 30.8. The number of ether oxygens (including phenoxy) is 2. The number of fused-ring (bicyclic) bond motifs is 1. The number of carbonyl (C=O) groups excluding carboxylic acids is 2. The highest BCUT2D eigenvalue weighted by Gasteiger charge is 2.37. The van der Waals surface area contributed by atoms with Gasteiger partial charge in [0.1, 0.15) is 11.6 Å². The number of halogens is 1. The fraction of sp³-hybridized carbons (Fsp3) is 0.500. The standard InChI is InChI=1S/C30H38FN5O6/c1-18-24(25(28(39)40)42-29(2,3)4)27(35-13-11-30(5,41-6)12-14-35)36-23(33-18)16-22(34-36)26(38)32-17-21(37)15-19-7-9-20(31)10-8-19/h7-10,16,25H,11-15,17H2,1-6H3,(H,32,38)(H,39,40). The van der Waals surface area contributed by atoms with Crippen LogP contribution in [-0.4, -0.2) is 75.3 Å². The molecule has 0 aliphatic carbocycles. The van der Waals surface area contributed by atoms with Gasteiger partial charge in [-0.3, -0.25) is 9.59 Å². The number of hydrogen-bond acceptors (Lipinski definition) is 8. The maximum absolute atomic E-state index is 13.2. The lowest BCUT2D eigenvalue weighted by Gasteiger charge is -2.40. The van der Waals surface area contributed by atoms with E-state index in [2.05, 4.69) is 15.4 Å². The summed E-state index contributed by atoms with van der Waals surface area (Å²) in [6.07, 6.45) is 0.0842. The van der Waals surface area contributed by atoms with Crippen LogP contribution in [0.2, 0.25) is 0 Å². The number of nitrogens with zero attached hydrogens (tertiary/aromatic N) is 4. The van der Waals surface area contributed by atoms with Crippen LogP contribution < -0.4 is 10.2 Å². The summed E-state index contributed by atoms with van der Waals surface area (Å²) in [6, 6.07) is 7.10. The maximum atomic E-state index is 13.2.